The Morgan fingerprint density at radius 1 is 1.35 bits per heavy atom. The number of aliphatic hydroxyl groups is 1. The average molecular weight is 359 g/mol. The van der Waals surface area contributed by atoms with Crippen LogP contribution in [0, 0.1) is 23.2 Å². The molecule has 4 atom stereocenters. The zero-order chi connectivity index (χ0) is 19.1. The number of carboxylic acid groups (broad SMARTS) is 1. The zero-order valence-electron chi connectivity index (χ0n) is 14.8. The Bertz CT molecular complexity index is 673. The van der Waals surface area contributed by atoms with Crippen LogP contribution in [0.15, 0.2) is 24.3 Å². The maximum Gasteiger partial charge on any atom is 0.290 e. The number of carbonyl (C=O) groups excluding carboxylic acids is 1. The van der Waals surface area contributed by atoms with Crippen LogP contribution in [0.1, 0.15) is 30.9 Å². The monoisotopic (exact) mass is 359 g/mol. The van der Waals surface area contributed by atoms with Gasteiger partial charge in [-0.1, -0.05) is 18.2 Å². The van der Waals surface area contributed by atoms with Crippen molar-refractivity contribution in [2.75, 3.05) is 13.1 Å². The van der Waals surface area contributed by atoms with Gasteiger partial charge in [-0.3, -0.25) is 14.5 Å². The first-order chi connectivity index (χ1) is 12.5. The Morgan fingerprint density at radius 2 is 1.96 bits per heavy atom. The number of fused-ring (bicyclic) bond motifs is 1. The smallest absolute Gasteiger partial charge is 0.290 e. The third-order valence-electron chi connectivity index (χ3n) is 5.14. The van der Waals surface area contributed by atoms with Gasteiger partial charge < -0.3 is 15.5 Å². The van der Waals surface area contributed by atoms with Crippen molar-refractivity contribution in [3.63, 3.8) is 0 Å². The maximum absolute atomic E-state index is 11.3. The van der Waals surface area contributed by atoms with Gasteiger partial charge in [-0.05, 0) is 36.3 Å². The van der Waals surface area contributed by atoms with E-state index < -0.39 is 6.10 Å². The van der Waals surface area contributed by atoms with Gasteiger partial charge in [0.15, 0.2) is 0 Å². The number of amides is 1. The Balaban J connectivity index is 0.000000758. The first kappa shape index (κ1) is 19.9. The predicted octanol–water partition coefficient (Wildman–Crippen LogP) is 0.966. The zero-order valence-corrected chi connectivity index (χ0v) is 14.8. The van der Waals surface area contributed by atoms with Gasteiger partial charge in [0.25, 0.3) is 6.47 Å². The van der Waals surface area contributed by atoms with Crippen LogP contribution in [0.25, 0.3) is 0 Å². The molecule has 140 valence electrons. The lowest BCUT2D eigenvalue weighted by atomic mass is 9.77. The lowest BCUT2D eigenvalue weighted by Gasteiger charge is -2.35. The summed E-state index contributed by atoms with van der Waals surface area (Å²) in [6.45, 7) is 3.94. The van der Waals surface area contributed by atoms with Crippen LogP contribution in [0.4, 0.5) is 0 Å². The highest BCUT2D eigenvalue weighted by molar-refractivity contribution is 5.73. The molecule has 2 fully saturated rings. The summed E-state index contributed by atoms with van der Waals surface area (Å²) in [6, 6.07) is 9.85. The minimum absolute atomic E-state index is 0.0784. The molecule has 1 aliphatic carbocycles. The minimum Gasteiger partial charge on any atom is -0.483 e. The highest BCUT2D eigenvalue weighted by Crippen LogP contribution is 2.37. The number of rotatable bonds is 3. The average Bonchev–Trinajstić information content (AvgIpc) is 2.97. The highest BCUT2D eigenvalue weighted by atomic mass is 16.3. The van der Waals surface area contributed by atoms with Crippen LogP contribution < -0.4 is 5.32 Å². The van der Waals surface area contributed by atoms with E-state index in [-0.39, 0.29) is 18.4 Å². The van der Waals surface area contributed by atoms with Crippen LogP contribution in [-0.4, -0.2) is 52.7 Å². The standard InChI is InChI=1S/C18H23N3O2.CH2O2/c1-12(22)20-17-6-15-10-21(11-16(15)7-18(17)23)9-14-5-3-2-4-13(14)8-19;2-1-3/h2-5,15-18,23H,6-7,9-11H2,1H3,(H,20,22);1H,(H,2,3)/t15-,16+,17-,18-;/m1./s1. The van der Waals surface area contributed by atoms with Gasteiger partial charge in [0.2, 0.25) is 5.91 Å². The molecule has 0 spiro atoms. The van der Waals surface area contributed by atoms with Crippen molar-refractivity contribution in [1.82, 2.24) is 10.2 Å². The molecular formula is C19H25N3O4. The number of hydrogen-bond acceptors (Lipinski definition) is 5. The first-order valence-corrected chi connectivity index (χ1v) is 8.71. The summed E-state index contributed by atoms with van der Waals surface area (Å²) in [4.78, 5) is 22.0. The molecule has 1 amide bonds. The Hall–Kier alpha value is -2.43. The second kappa shape index (κ2) is 9.32. The molecule has 1 saturated heterocycles. The molecule has 0 bridgehead atoms. The van der Waals surface area contributed by atoms with Crippen LogP contribution in [-0.2, 0) is 16.1 Å². The Morgan fingerprint density at radius 3 is 2.58 bits per heavy atom. The predicted molar refractivity (Wildman–Crippen MR) is 95.0 cm³/mol. The molecule has 0 aromatic heterocycles. The highest BCUT2D eigenvalue weighted by Gasteiger charge is 2.41. The van der Waals surface area contributed by atoms with Crippen LogP contribution in [0.5, 0.6) is 0 Å². The van der Waals surface area contributed by atoms with Crippen molar-refractivity contribution >= 4 is 12.4 Å². The molecule has 2 aliphatic rings. The maximum atomic E-state index is 11.3. The van der Waals surface area contributed by atoms with Gasteiger partial charge in [-0.15, -0.1) is 0 Å². The molecule has 3 N–H and O–H groups in total. The molecule has 26 heavy (non-hydrogen) atoms. The SMILES string of the molecule is CC(=O)N[C@@H]1C[C@@H]2CN(Cc3ccccc3C#N)C[C@@H]2C[C@H]1O.O=CO. The van der Waals surface area contributed by atoms with E-state index in [0.29, 0.717) is 11.8 Å². The van der Waals surface area contributed by atoms with Crippen LogP contribution in [0.2, 0.25) is 0 Å². The molecule has 7 nitrogen and oxygen atoms in total. The van der Waals surface area contributed by atoms with Crippen molar-refractivity contribution in [1.29, 1.82) is 5.26 Å². The fraction of sp³-hybridized carbons (Fsp3) is 0.526. The molecule has 0 radical (unpaired) electrons. The summed E-state index contributed by atoms with van der Waals surface area (Å²) >= 11 is 0. The Labute approximate surface area is 153 Å². The summed E-state index contributed by atoms with van der Waals surface area (Å²) in [6.07, 6.45) is 1.12. The lowest BCUT2D eigenvalue weighted by molar-refractivity contribution is -0.123. The first-order valence-electron chi connectivity index (χ1n) is 8.71. The molecular weight excluding hydrogens is 334 g/mol. The molecule has 0 unspecified atom stereocenters. The third-order valence-corrected chi connectivity index (χ3v) is 5.14. The molecule has 1 saturated carbocycles. The molecule has 7 heteroatoms. The van der Waals surface area contributed by atoms with Crippen molar-refractivity contribution in [2.45, 2.75) is 38.5 Å². The molecule has 1 aliphatic heterocycles. The summed E-state index contributed by atoms with van der Waals surface area (Å²) in [5, 5.41) is 29.2. The summed E-state index contributed by atoms with van der Waals surface area (Å²) < 4.78 is 0. The molecule has 1 aromatic carbocycles. The van der Waals surface area contributed by atoms with Gasteiger partial charge in [0.1, 0.15) is 0 Å². The van der Waals surface area contributed by atoms with E-state index in [9.17, 15) is 15.2 Å². The number of nitriles is 1. The van der Waals surface area contributed by atoms with Crippen LogP contribution in [0.3, 0.4) is 0 Å². The van der Waals surface area contributed by atoms with Crippen molar-refractivity contribution < 1.29 is 19.8 Å². The number of aliphatic hydroxyl groups excluding tert-OH is 1. The van der Waals surface area contributed by atoms with E-state index in [4.69, 9.17) is 9.90 Å². The van der Waals surface area contributed by atoms with E-state index in [1.807, 2.05) is 24.3 Å². The van der Waals surface area contributed by atoms with E-state index >= 15 is 0 Å². The lowest BCUT2D eigenvalue weighted by Crippen LogP contribution is -2.48. The number of carbonyl (C=O) groups is 2. The van der Waals surface area contributed by atoms with E-state index in [1.165, 1.54) is 6.92 Å². The van der Waals surface area contributed by atoms with Crippen molar-refractivity contribution in [3.05, 3.63) is 35.4 Å². The second-order valence-electron chi connectivity index (χ2n) is 6.93. The summed E-state index contributed by atoms with van der Waals surface area (Å²) in [5.41, 5.74) is 1.80. The van der Waals surface area contributed by atoms with Gasteiger partial charge >= 0.3 is 0 Å². The van der Waals surface area contributed by atoms with Crippen molar-refractivity contribution in [3.8, 4) is 6.07 Å². The minimum atomic E-state index is -0.452. The van der Waals surface area contributed by atoms with Gasteiger partial charge in [0, 0.05) is 26.6 Å². The molecule has 1 aromatic rings. The fourth-order valence-corrected chi connectivity index (χ4v) is 4.08. The van der Waals surface area contributed by atoms with Gasteiger partial charge in [0.05, 0.1) is 23.8 Å². The van der Waals surface area contributed by atoms with E-state index in [1.54, 1.807) is 0 Å². The molecule has 3 rings (SSSR count). The van der Waals surface area contributed by atoms with Crippen molar-refractivity contribution in [2.24, 2.45) is 11.8 Å². The van der Waals surface area contributed by atoms with Crippen LogP contribution >= 0.6 is 0 Å². The second-order valence-corrected chi connectivity index (χ2v) is 6.93. The normalized spacial score (nSPS) is 27.4. The fourth-order valence-electron chi connectivity index (χ4n) is 4.08. The van der Waals surface area contributed by atoms with E-state index in [0.717, 1.165) is 43.6 Å². The number of nitrogens with zero attached hydrogens (tertiary/aromatic N) is 2. The van der Waals surface area contributed by atoms with Gasteiger partial charge in [-0.25, -0.2) is 0 Å². The number of nitrogens with one attached hydrogen (secondary N) is 1. The topological polar surface area (TPSA) is 114 Å². The summed E-state index contributed by atoms with van der Waals surface area (Å²) in [5.74, 6) is 0.902. The Kier molecular flexibility index (Phi) is 7.13. The quantitative estimate of drug-likeness (QED) is 0.693. The van der Waals surface area contributed by atoms with E-state index in [2.05, 4.69) is 16.3 Å². The summed E-state index contributed by atoms with van der Waals surface area (Å²) in [7, 11) is 0. The number of likely N-dealkylation sites (tertiary alicyclic amines) is 1. The number of hydrogen-bond donors (Lipinski definition) is 3. The van der Waals surface area contributed by atoms with Gasteiger partial charge in [-0.2, -0.15) is 5.26 Å². The molecule has 1 heterocycles. The number of benzene rings is 1. The largest absolute Gasteiger partial charge is 0.483 e. The third kappa shape index (κ3) is 5.04.